The predicted molar refractivity (Wildman–Crippen MR) is 59.9 cm³/mol. The second kappa shape index (κ2) is 5.03. The molecule has 0 bridgehead atoms. The number of hydrogen-bond donors (Lipinski definition) is 2. The molecule has 5 heteroatoms. The number of nitrogens with two attached hydrogens (primary N) is 1. The summed E-state index contributed by atoms with van der Waals surface area (Å²) in [5.74, 6) is -0.397. The first kappa shape index (κ1) is 12.2. The minimum atomic E-state index is -0.397. The molecule has 1 aromatic rings. The van der Waals surface area contributed by atoms with Gasteiger partial charge in [0.05, 0.1) is 12.7 Å². The SMILES string of the molecule is COC(=O)c1cc(I)ccc1N.N. The minimum Gasteiger partial charge on any atom is -0.465 e. The Morgan fingerprint density at radius 2 is 2.15 bits per heavy atom. The Bertz CT molecular complexity index is 315. The minimum absolute atomic E-state index is 0. The van der Waals surface area contributed by atoms with E-state index in [0.717, 1.165) is 3.57 Å². The van der Waals surface area contributed by atoms with Crippen LogP contribution >= 0.6 is 22.6 Å². The van der Waals surface area contributed by atoms with Gasteiger partial charge in [-0.1, -0.05) is 0 Å². The Kier molecular flexibility index (Phi) is 4.71. The Balaban J connectivity index is 0.00000144. The van der Waals surface area contributed by atoms with Gasteiger partial charge in [-0.25, -0.2) is 4.79 Å². The molecule has 13 heavy (non-hydrogen) atoms. The van der Waals surface area contributed by atoms with Crippen molar-refractivity contribution in [3.05, 3.63) is 27.3 Å². The van der Waals surface area contributed by atoms with Crippen LogP contribution in [0.15, 0.2) is 18.2 Å². The molecule has 0 spiro atoms. The number of nitrogen functional groups attached to an aromatic ring is 1. The van der Waals surface area contributed by atoms with Crippen molar-refractivity contribution in [2.24, 2.45) is 0 Å². The molecular weight excluding hydrogens is 283 g/mol. The highest BCUT2D eigenvalue weighted by molar-refractivity contribution is 14.1. The molecule has 0 amide bonds. The van der Waals surface area contributed by atoms with Crippen LogP contribution in [0.1, 0.15) is 10.4 Å². The van der Waals surface area contributed by atoms with Gasteiger partial charge in [0, 0.05) is 9.26 Å². The molecule has 0 aliphatic carbocycles. The van der Waals surface area contributed by atoms with Gasteiger partial charge < -0.3 is 16.6 Å². The summed E-state index contributed by atoms with van der Waals surface area (Å²) < 4.78 is 5.51. The first-order valence-electron chi connectivity index (χ1n) is 3.28. The fraction of sp³-hybridized carbons (Fsp3) is 0.125. The van der Waals surface area contributed by atoms with E-state index in [1.165, 1.54) is 7.11 Å². The number of esters is 1. The molecule has 0 heterocycles. The molecule has 72 valence electrons. The van der Waals surface area contributed by atoms with Crippen LogP contribution in [0.2, 0.25) is 0 Å². The third kappa shape index (κ3) is 2.85. The van der Waals surface area contributed by atoms with Crippen LogP contribution in [0.25, 0.3) is 0 Å². The summed E-state index contributed by atoms with van der Waals surface area (Å²) in [6, 6.07) is 5.22. The number of rotatable bonds is 1. The lowest BCUT2D eigenvalue weighted by molar-refractivity contribution is 0.0602. The summed E-state index contributed by atoms with van der Waals surface area (Å²) >= 11 is 2.11. The van der Waals surface area contributed by atoms with Crippen LogP contribution in [0.5, 0.6) is 0 Å². The number of ether oxygens (including phenoxy) is 1. The van der Waals surface area contributed by atoms with Crippen molar-refractivity contribution in [3.8, 4) is 0 Å². The van der Waals surface area contributed by atoms with Crippen LogP contribution in [-0.4, -0.2) is 13.1 Å². The molecule has 0 saturated heterocycles. The lowest BCUT2D eigenvalue weighted by Crippen LogP contribution is -2.05. The average molecular weight is 294 g/mol. The summed E-state index contributed by atoms with van der Waals surface area (Å²) in [4.78, 5) is 11.1. The quantitative estimate of drug-likeness (QED) is 0.470. The maximum absolute atomic E-state index is 11.1. The van der Waals surface area contributed by atoms with Crippen LogP contribution < -0.4 is 11.9 Å². The van der Waals surface area contributed by atoms with E-state index in [4.69, 9.17) is 5.73 Å². The number of carbonyl (C=O) groups excluding carboxylic acids is 1. The topological polar surface area (TPSA) is 87.3 Å². The zero-order valence-electron chi connectivity index (χ0n) is 7.21. The van der Waals surface area contributed by atoms with Crippen LogP contribution in [0, 0.1) is 3.57 Å². The number of carbonyl (C=O) groups is 1. The number of halogens is 1. The highest BCUT2D eigenvalue weighted by Crippen LogP contribution is 2.16. The predicted octanol–water partition coefficient (Wildman–Crippen LogP) is 1.82. The zero-order valence-corrected chi connectivity index (χ0v) is 9.37. The van der Waals surface area contributed by atoms with Crippen molar-refractivity contribution < 1.29 is 9.53 Å². The highest BCUT2D eigenvalue weighted by Gasteiger charge is 2.09. The van der Waals surface area contributed by atoms with Crippen LogP contribution in [-0.2, 0) is 4.74 Å². The summed E-state index contributed by atoms with van der Waals surface area (Å²) in [7, 11) is 1.33. The van der Waals surface area contributed by atoms with Gasteiger partial charge in [-0.05, 0) is 40.8 Å². The van der Waals surface area contributed by atoms with Gasteiger partial charge in [-0.2, -0.15) is 0 Å². The van der Waals surface area contributed by atoms with Gasteiger partial charge in [0.15, 0.2) is 0 Å². The molecule has 1 aromatic carbocycles. The summed E-state index contributed by atoms with van der Waals surface area (Å²) in [5, 5.41) is 0. The van der Waals surface area contributed by atoms with Gasteiger partial charge in [0.2, 0.25) is 0 Å². The van der Waals surface area contributed by atoms with Crippen molar-refractivity contribution in [2.45, 2.75) is 0 Å². The summed E-state index contributed by atoms with van der Waals surface area (Å²) in [5.41, 5.74) is 6.43. The van der Waals surface area contributed by atoms with Gasteiger partial charge in [0.25, 0.3) is 0 Å². The van der Waals surface area contributed by atoms with Crippen molar-refractivity contribution in [2.75, 3.05) is 12.8 Å². The highest BCUT2D eigenvalue weighted by atomic mass is 127. The molecule has 0 fully saturated rings. The van der Waals surface area contributed by atoms with Crippen molar-refractivity contribution in [1.29, 1.82) is 0 Å². The van der Waals surface area contributed by atoms with Gasteiger partial charge >= 0.3 is 5.97 Å². The van der Waals surface area contributed by atoms with Gasteiger partial charge in [-0.3, -0.25) is 0 Å². The Hall–Kier alpha value is -0.820. The standard InChI is InChI=1S/C8H8INO2.H3N/c1-12-8(11)6-4-5(9)2-3-7(6)10;/h2-4H,10H2,1H3;1H3. The van der Waals surface area contributed by atoms with Gasteiger partial charge in [-0.15, -0.1) is 0 Å². The lowest BCUT2D eigenvalue weighted by Gasteiger charge is -2.02. The van der Waals surface area contributed by atoms with Crippen molar-refractivity contribution in [3.63, 3.8) is 0 Å². The number of anilines is 1. The summed E-state index contributed by atoms with van der Waals surface area (Å²) in [6.07, 6.45) is 0. The van der Waals surface area contributed by atoms with E-state index in [1.807, 2.05) is 6.07 Å². The molecule has 0 aromatic heterocycles. The monoisotopic (exact) mass is 294 g/mol. The molecule has 0 radical (unpaired) electrons. The molecule has 0 saturated carbocycles. The molecule has 0 atom stereocenters. The smallest absolute Gasteiger partial charge is 0.339 e. The third-order valence-electron chi connectivity index (χ3n) is 1.42. The van der Waals surface area contributed by atoms with E-state index in [9.17, 15) is 4.79 Å². The fourth-order valence-electron chi connectivity index (χ4n) is 0.815. The van der Waals surface area contributed by atoms with E-state index in [2.05, 4.69) is 27.3 Å². The average Bonchev–Trinajstić information content (AvgIpc) is 2.08. The van der Waals surface area contributed by atoms with E-state index in [1.54, 1.807) is 12.1 Å². The summed E-state index contributed by atoms with van der Waals surface area (Å²) in [6.45, 7) is 0. The Labute approximate surface area is 90.2 Å². The number of hydrogen-bond acceptors (Lipinski definition) is 4. The van der Waals surface area contributed by atoms with Gasteiger partial charge in [0.1, 0.15) is 0 Å². The molecule has 0 unspecified atom stereocenters. The lowest BCUT2D eigenvalue weighted by atomic mass is 10.2. The fourth-order valence-corrected chi connectivity index (χ4v) is 1.31. The van der Waals surface area contributed by atoms with Crippen molar-refractivity contribution >= 4 is 34.2 Å². The molecule has 0 aliphatic rings. The molecular formula is C8H11IN2O2. The second-order valence-corrected chi connectivity index (χ2v) is 3.47. The largest absolute Gasteiger partial charge is 0.465 e. The van der Waals surface area contributed by atoms with Crippen LogP contribution in [0.4, 0.5) is 5.69 Å². The van der Waals surface area contributed by atoms with Crippen LogP contribution in [0.3, 0.4) is 0 Å². The molecule has 5 N–H and O–H groups in total. The van der Waals surface area contributed by atoms with Crippen molar-refractivity contribution in [1.82, 2.24) is 6.15 Å². The number of benzene rings is 1. The normalized spacial score (nSPS) is 8.77. The maximum atomic E-state index is 11.1. The molecule has 0 aliphatic heterocycles. The zero-order chi connectivity index (χ0) is 9.14. The second-order valence-electron chi connectivity index (χ2n) is 2.22. The van der Waals surface area contributed by atoms with E-state index in [-0.39, 0.29) is 6.15 Å². The number of methoxy groups -OCH3 is 1. The third-order valence-corrected chi connectivity index (χ3v) is 2.09. The first-order chi connectivity index (χ1) is 5.65. The van der Waals surface area contributed by atoms with E-state index >= 15 is 0 Å². The van der Waals surface area contributed by atoms with E-state index in [0.29, 0.717) is 11.3 Å². The molecule has 1 rings (SSSR count). The first-order valence-corrected chi connectivity index (χ1v) is 4.36. The van der Waals surface area contributed by atoms with E-state index < -0.39 is 5.97 Å². The Morgan fingerprint density at radius 3 is 2.69 bits per heavy atom. The molecule has 4 nitrogen and oxygen atoms in total. The Morgan fingerprint density at radius 1 is 1.54 bits per heavy atom. The maximum Gasteiger partial charge on any atom is 0.339 e.